The second kappa shape index (κ2) is 3.94. The van der Waals surface area contributed by atoms with E-state index in [1.807, 2.05) is 5.01 Å². The van der Waals surface area contributed by atoms with Crippen molar-refractivity contribution in [3.05, 3.63) is 30.1 Å². The van der Waals surface area contributed by atoms with Crippen molar-refractivity contribution in [2.24, 2.45) is 0 Å². The molecular weight excluding hydrogens is 183 g/mol. The number of halogens is 1. The summed E-state index contributed by atoms with van der Waals surface area (Å²) in [7, 11) is 0. The molecule has 2 N–H and O–H groups in total. The number of benzene rings is 1. The number of aliphatic hydroxyl groups excluding tert-OH is 1. The van der Waals surface area contributed by atoms with Crippen LogP contribution in [-0.4, -0.2) is 29.3 Å². The van der Waals surface area contributed by atoms with Crippen molar-refractivity contribution < 1.29 is 9.50 Å². The Kier molecular flexibility index (Phi) is 2.65. The van der Waals surface area contributed by atoms with Crippen LogP contribution in [0.2, 0.25) is 0 Å². The second-order valence-corrected chi connectivity index (χ2v) is 3.51. The van der Waals surface area contributed by atoms with E-state index >= 15 is 0 Å². The van der Waals surface area contributed by atoms with Crippen LogP contribution in [0, 0.1) is 5.82 Å². The number of nitrogens with zero attached hydrogens (tertiary/aromatic N) is 1. The van der Waals surface area contributed by atoms with E-state index in [0.717, 1.165) is 18.7 Å². The molecule has 2 rings (SSSR count). The van der Waals surface area contributed by atoms with Gasteiger partial charge < -0.3 is 10.5 Å². The maximum absolute atomic E-state index is 12.8. The van der Waals surface area contributed by atoms with Gasteiger partial charge in [-0.25, -0.2) is 9.40 Å². The topological polar surface area (TPSA) is 35.5 Å². The zero-order valence-corrected chi connectivity index (χ0v) is 7.78. The third-order valence-corrected chi connectivity index (χ3v) is 2.28. The highest BCUT2D eigenvalue weighted by Gasteiger charge is 2.19. The Labute approximate surface area is 82.1 Å². The molecule has 3 nitrogen and oxygen atoms in total. The second-order valence-electron chi connectivity index (χ2n) is 3.51. The molecule has 4 heteroatoms. The van der Waals surface area contributed by atoms with Gasteiger partial charge in [0, 0.05) is 13.1 Å². The van der Waals surface area contributed by atoms with Crippen molar-refractivity contribution in [1.82, 2.24) is 5.01 Å². The normalized spacial score (nSPS) is 22.6. The van der Waals surface area contributed by atoms with E-state index < -0.39 is 0 Å². The quantitative estimate of drug-likeness (QED) is 0.746. The van der Waals surface area contributed by atoms with Gasteiger partial charge in [0.25, 0.3) is 0 Å². The van der Waals surface area contributed by atoms with Gasteiger partial charge in [-0.3, -0.25) is 0 Å². The minimum absolute atomic E-state index is 0.255. The number of aliphatic hydroxyl groups is 1. The maximum atomic E-state index is 12.8. The molecule has 0 amide bonds. The minimum Gasteiger partial charge on any atom is -0.392 e. The molecule has 1 unspecified atom stereocenters. The van der Waals surface area contributed by atoms with Crippen molar-refractivity contribution in [1.29, 1.82) is 0 Å². The van der Waals surface area contributed by atoms with Gasteiger partial charge in [-0.2, -0.15) is 0 Å². The lowest BCUT2D eigenvalue weighted by atomic mass is 10.3. The van der Waals surface area contributed by atoms with E-state index in [-0.39, 0.29) is 11.9 Å². The third-order valence-electron chi connectivity index (χ3n) is 2.28. The van der Waals surface area contributed by atoms with Crippen LogP contribution in [0.25, 0.3) is 0 Å². The summed E-state index contributed by atoms with van der Waals surface area (Å²) >= 11 is 0. The lowest BCUT2D eigenvalue weighted by Gasteiger charge is -2.17. The van der Waals surface area contributed by atoms with Crippen molar-refractivity contribution in [3.63, 3.8) is 0 Å². The molecule has 1 aliphatic rings. The summed E-state index contributed by atoms with van der Waals surface area (Å²) in [6, 6.07) is 6.30. The van der Waals surface area contributed by atoms with Crippen LogP contribution in [0.1, 0.15) is 6.42 Å². The Morgan fingerprint density at radius 2 is 2.36 bits per heavy atom. The average Bonchev–Trinajstić information content (AvgIpc) is 2.51. The molecule has 76 valence electrons. The van der Waals surface area contributed by atoms with Crippen molar-refractivity contribution in [2.75, 3.05) is 18.5 Å². The van der Waals surface area contributed by atoms with Gasteiger partial charge in [0.15, 0.2) is 0 Å². The van der Waals surface area contributed by atoms with Gasteiger partial charge in [-0.1, -0.05) is 6.07 Å². The lowest BCUT2D eigenvalue weighted by Crippen LogP contribution is -2.28. The van der Waals surface area contributed by atoms with Crippen molar-refractivity contribution in [3.8, 4) is 0 Å². The van der Waals surface area contributed by atoms with Crippen LogP contribution in [-0.2, 0) is 0 Å². The Bertz CT molecular complexity index is 319. The van der Waals surface area contributed by atoms with Crippen LogP contribution < -0.4 is 5.43 Å². The highest BCUT2D eigenvalue weighted by atomic mass is 19.1. The molecule has 1 aromatic carbocycles. The van der Waals surface area contributed by atoms with Gasteiger partial charge in [0.05, 0.1) is 11.8 Å². The summed E-state index contributed by atoms with van der Waals surface area (Å²) in [6.07, 6.45) is 0.499. The highest BCUT2D eigenvalue weighted by Crippen LogP contribution is 2.14. The zero-order valence-electron chi connectivity index (χ0n) is 7.78. The molecule has 0 radical (unpaired) electrons. The van der Waals surface area contributed by atoms with E-state index in [0.29, 0.717) is 6.54 Å². The van der Waals surface area contributed by atoms with Crippen LogP contribution in [0.15, 0.2) is 24.3 Å². The Morgan fingerprint density at radius 1 is 1.50 bits per heavy atom. The van der Waals surface area contributed by atoms with Gasteiger partial charge in [0.2, 0.25) is 0 Å². The molecular formula is C10H13FN2O. The van der Waals surface area contributed by atoms with Gasteiger partial charge in [-0.05, 0) is 24.6 Å². The van der Waals surface area contributed by atoms with Crippen LogP contribution in [0.3, 0.4) is 0 Å². The molecule has 1 aromatic rings. The van der Waals surface area contributed by atoms with E-state index in [1.165, 1.54) is 12.1 Å². The highest BCUT2D eigenvalue weighted by molar-refractivity contribution is 5.42. The summed E-state index contributed by atoms with van der Waals surface area (Å²) in [5.41, 5.74) is 3.77. The fraction of sp³-hybridized carbons (Fsp3) is 0.400. The van der Waals surface area contributed by atoms with Gasteiger partial charge >= 0.3 is 0 Å². The Morgan fingerprint density at radius 3 is 3.00 bits per heavy atom. The van der Waals surface area contributed by atoms with Gasteiger partial charge in [0.1, 0.15) is 5.82 Å². The van der Waals surface area contributed by atoms with Crippen LogP contribution >= 0.6 is 0 Å². The fourth-order valence-corrected chi connectivity index (χ4v) is 1.58. The summed E-state index contributed by atoms with van der Waals surface area (Å²) in [5.74, 6) is -0.255. The number of hydrazine groups is 1. The van der Waals surface area contributed by atoms with E-state index in [2.05, 4.69) is 5.43 Å². The third kappa shape index (κ3) is 2.21. The average molecular weight is 196 g/mol. The molecule has 1 atom stereocenters. The predicted octanol–water partition coefficient (Wildman–Crippen LogP) is 1.22. The van der Waals surface area contributed by atoms with Gasteiger partial charge in [-0.15, -0.1) is 0 Å². The standard InChI is InChI=1S/C10H13FN2O/c11-8-2-1-3-9(6-8)12-13-5-4-10(14)7-13/h1-3,6,10,12,14H,4-5,7H2. The monoisotopic (exact) mass is 196 g/mol. The Balaban J connectivity index is 1.97. The molecule has 0 bridgehead atoms. The maximum Gasteiger partial charge on any atom is 0.125 e. The molecule has 14 heavy (non-hydrogen) atoms. The smallest absolute Gasteiger partial charge is 0.125 e. The number of hydrogen-bond acceptors (Lipinski definition) is 3. The summed E-state index contributed by atoms with van der Waals surface area (Å²) in [4.78, 5) is 0. The molecule has 0 aromatic heterocycles. The largest absolute Gasteiger partial charge is 0.392 e. The first-order chi connectivity index (χ1) is 6.74. The van der Waals surface area contributed by atoms with Crippen molar-refractivity contribution in [2.45, 2.75) is 12.5 Å². The Hall–Kier alpha value is -1.13. The summed E-state index contributed by atoms with van der Waals surface area (Å²) in [5, 5.41) is 11.2. The lowest BCUT2D eigenvalue weighted by molar-refractivity contribution is 0.182. The number of nitrogens with one attached hydrogen (secondary N) is 1. The molecule has 1 saturated heterocycles. The van der Waals surface area contributed by atoms with E-state index in [9.17, 15) is 9.50 Å². The number of hydrogen-bond donors (Lipinski definition) is 2. The number of anilines is 1. The first kappa shape index (κ1) is 9.43. The van der Waals surface area contributed by atoms with E-state index in [4.69, 9.17) is 0 Å². The fourth-order valence-electron chi connectivity index (χ4n) is 1.58. The molecule has 0 aliphatic carbocycles. The van der Waals surface area contributed by atoms with E-state index in [1.54, 1.807) is 12.1 Å². The molecule has 1 aliphatic heterocycles. The summed E-state index contributed by atoms with van der Waals surface area (Å²) in [6.45, 7) is 1.38. The first-order valence-corrected chi connectivity index (χ1v) is 4.69. The molecule has 1 fully saturated rings. The summed E-state index contributed by atoms with van der Waals surface area (Å²) < 4.78 is 12.8. The number of rotatable bonds is 2. The first-order valence-electron chi connectivity index (χ1n) is 4.69. The molecule has 0 spiro atoms. The molecule has 0 saturated carbocycles. The van der Waals surface area contributed by atoms with Crippen LogP contribution in [0.5, 0.6) is 0 Å². The van der Waals surface area contributed by atoms with Crippen molar-refractivity contribution >= 4 is 5.69 Å². The van der Waals surface area contributed by atoms with Crippen LogP contribution in [0.4, 0.5) is 10.1 Å². The molecule has 1 heterocycles. The SMILES string of the molecule is OC1CCN(Nc2cccc(F)c2)C1. The predicted molar refractivity (Wildman–Crippen MR) is 52.2 cm³/mol. The zero-order chi connectivity index (χ0) is 9.97. The number of β-amino-alcohol motifs (C(OH)–C–C–N with tert-alkyl or cyclic N) is 1. The minimum atomic E-state index is -0.268.